The van der Waals surface area contributed by atoms with Crippen LogP contribution in [0, 0.1) is 0 Å². The van der Waals surface area contributed by atoms with Crippen molar-refractivity contribution in [3.05, 3.63) is 87.2 Å². The molecule has 0 fully saturated rings. The zero-order chi connectivity index (χ0) is 25.4. The van der Waals surface area contributed by atoms with E-state index < -0.39 is 5.91 Å². The topological polar surface area (TPSA) is 98.2 Å². The fourth-order valence-corrected chi connectivity index (χ4v) is 3.51. The number of benzene rings is 2. The lowest BCUT2D eigenvalue weighted by Crippen LogP contribution is -2.35. The molecule has 0 bridgehead atoms. The second-order valence-electron chi connectivity index (χ2n) is 7.75. The minimum Gasteiger partial charge on any atom is -0.354 e. The number of hydrogen-bond donors (Lipinski definition) is 3. The summed E-state index contributed by atoms with van der Waals surface area (Å²) < 4.78 is 0. The van der Waals surface area contributed by atoms with Gasteiger partial charge in [-0.25, -0.2) is 4.99 Å². The molecule has 0 aromatic heterocycles. The zero-order valence-corrected chi connectivity index (χ0v) is 21.0. The van der Waals surface area contributed by atoms with Crippen LogP contribution in [0.5, 0.6) is 0 Å². The van der Waals surface area contributed by atoms with Crippen molar-refractivity contribution in [2.24, 2.45) is 9.98 Å². The third-order valence-electron chi connectivity index (χ3n) is 5.01. The maximum atomic E-state index is 12.9. The maximum Gasteiger partial charge on any atom is 0.258 e. The van der Waals surface area contributed by atoms with Crippen molar-refractivity contribution < 1.29 is 9.59 Å². The van der Waals surface area contributed by atoms with E-state index in [1.165, 1.54) is 12.1 Å². The highest BCUT2D eigenvalue weighted by Crippen LogP contribution is 2.22. The molecule has 3 rings (SSSR count). The number of carbonyl (C=O) groups excluding carboxylic acids is 2. The van der Waals surface area contributed by atoms with Crippen LogP contribution >= 0.6 is 23.2 Å². The van der Waals surface area contributed by atoms with Gasteiger partial charge in [0.15, 0.2) is 5.96 Å². The normalized spacial score (nSPS) is 13.5. The molecule has 2 amide bonds. The molecule has 0 atom stereocenters. The van der Waals surface area contributed by atoms with Crippen molar-refractivity contribution in [3.63, 3.8) is 0 Å². The molecule has 182 valence electrons. The maximum absolute atomic E-state index is 12.9. The third-order valence-corrected chi connectivity index (χ3v) is 5.37. The Morgan fingerprint density at radius 2 is 1.94 bits per heavy atom. The molecular weight excluding hydrogens is 487 g/mol. The molecule has 35 heavy (non-hydrogen) atoms. The monoisotopic (exact) mass is 512 g/mol. The molecule has 2 aromatic rings. The number of halogens is 2. The number of anilines is 1. The smallest absolute Gasteiger partial charge is 0.258 e. The van der Waals surface area contributed by atoms with Crippen LogP contribution in [0.1, 0.15) is 33.2 Å². The molecule has 10 heteroatoms. The SMILES string of the molecule is C=N/C(=C\C=C(/C)Cl)NC(=O)c1cc(Cl)ccc1NC(=O)c1ccc(CN(C)C2=NCCN2)cc1. The van der Waals surface area contributed by atoms with Gasteiger partial charge in [-0.1, -0.05) is 35.3 Å². The van der Waals surface area contributed by atoms with Gasteiger partial charge in [-0.2, -0.15) is 0 Å². The van der Waals surface area contributed by atoms with Gasteiger partial charge in [0.2, 0.25) is 0 Å². The second-order valence-corrected chi connectivity index (χ2v) is 8.78. The number of guanidine groups is 1. The van der Waals surface area contributed by atoms with Crippen LogP contribution in [0.4, 0.5) is 5.69 Å². The summed E-state index contributed by atoms with van der Waals surface area (Å²) in [7, 11) is 1.96. The number of nitrogens with one attached hydrogen (secondary N) is 3. The van der Waals surface area contributed by atoms with E-state index in [1.807, 2.05) is 24.1 Å². The van der Waals surface area contributed by atoms with Crippen LogP contribution in [0.15, 0.2) is 75.5 Å². The van der Waals surface area contributed by atoms with Gasteiger partial charge in [0, 0.05) is 35.8 Å². The standard InChI is InChI=1S/C25H26Cl2N6O2/c1-16(26)4-11-22(28-2)32-24(35)20-14-19(27)9-10-21(20)31-23(34)18-7-5-17(6-8-18)15-33(3)25-29-12-13-30-25/h4-11,14H,2,12-13,15H2,1,3H3,(H,29,30)(H,31,34)(H,32,35)/b16-4+,22-11+. The molecule has 0 aliphatic carbocycles. The Morgan fingerprint density at radius 1 is 1.20 bits per heavy atom. The lowest BCUT2D eigenvalue weighted by molar-refractivity contribution is 0.0966. The average molecular weight is 513 g/mol. The van der Waals surface area contributed by atoms with Crippen LogP contribution in [0.25, 0.3) is 0 Å². The Morgan fingerprint density at radius 3 is 2.57 bits per heavy atom. The summed E-state index contributed by atoms with van der Waals surface area (Å²) in [6, 6.07) is 11.9. The van der Waals surface area contributed by atoms with E-state index in [0.29, 0.717) is 27.9 Å². The van der Waals surface area contributed by atoms with Crippen LogP contribution in [-0.2, 0) is 6.54 Å². The predicted octanol–water partition coefficient (Wildman–Crippen LogP) is 4.40. The highest BCUT2D eigenvalue weighted by molar-refractivity contribution is 6.31. The van der Waals surface area contributed by atoms with Gasteiger partial charge < -0.3 is 20.9 Å². The second kappa shape index (κ2) is 12.2. The van der Waals surface area contributed by atoms with Gasteiger partial charge >= 0.3 is 0 Å². The van der Waals surface area contributed by atoms with Crippen molar-refractivity contribution in [1.82, 2.24) is 15.5 Å². The van der Waals surface area contributed by atoms with Crippen LogP contribution in [-0.4, -0.2) is 49.5 Å². The Bertz CT molecular complexity index is 1200. The molecule has 0 saturated heterocycles. The number of rotatable bonds is 8. The van der Waals surface area contributed by atoms with Crippen LogP contribution in [0.2, 0.25) is 5.02 Å². The predicted molar refractivity (Wildman–Crippen MR) is 142 cm³/mol. The third kappa shape index (κ3) is 7.43. The largest absolute Gasteiger partial charge is 0.354 e. The van der Waals surface area contributed by atoms with Crippen molar-refractivity contribution in [2.75, 3.05) is 25.5 Å². The van der Waals surface area contributed by atoms with Crippen LogP contribution in [0.3, 0.4) is 0 Å². The number of nitrogens with zero attached hydrogens (tertiary/aromatic N) is 3. The minimum absolute atomic E-state index is 0.176. The number of carbonyl (C=O) groups is 2. The van der Waals surface area contributed by atoms with Gasteiger partial charge in [0.05, 0.1) is 17.8 Å². The molecule has 1 heterocycles. The van der Waals surface area contributed by atoms with E-state index in [4.69, 9.17) is 23.2 Å². The van der Waals surface area contributed by atoms with Gasteiger partial charge in [0.1, 0.15) is 5.82 Å². The molecule has 0 spiro atoms. The minimum atomic E-state index is -0.510. The van der Waals surface area contributed by atoms with Gasteiger partial charge in [0.25, 0.3) is 11.8 Å². The van der Waals surface area contributed by atoms with Gasteiger partial charge in [-0.3, -0.25) is 14.6 Å². The number of aliphatic imine (C=N–C) groups is 2. The summed E-state index contributed by atoms with van der Waals surface area (Å²) in [5.74, 6) is 0.190. The first kappa shape index (κ1) is 26.0. The molecule has 1 aliphatic rings. The van der Waals surface area contributed by atoms with E-state index in [9.17, 15) is 9.59 Å². The summed E-state index contributed by atoms with van der Waals surface area (Å²) in [6.07, 6.45) is 3.09. The first-order valence-electron chi connectivity index (χ1n) is 10.8. The summed E-state index contributed by atoms with van der Waals surface area (Å²) in [4.78, 5) is 36.0. The lowest BCUT2D eigenvalue weighted by Gasteiger charge is -2.19. The summed E-state index contributed by atoms with van der Waals surface area (Å²) in [6.45, 7) is 7.41. The first-order chi connectivity index (χ1) is 16.8. The zero-order valence-electron chi connectivity index (χ0n) is 19.4. The fourth-order valence-electron chi connectivity index (χ4n) is 3.27. The highest BCUT2D eigenvalue weighted by atomic mass is 35.5. The molecule has 2 aromatic carbocycles. The van der Waals surface area contributed by atoms with Crippen molar-refractivity contribution in [2.45, 2.75) is 13.5 Å². The molecule has 0 radical (unpaired) electrons. The highest BCUT2D eigenvalue weighted by Gasteiger charge is 2.17. The summed E-state index contributed by atoms with van der Waals surface area (Å²) in [5.41, 5.74) is 1.96. The average Bonchev–Trinajstić information content (AvgIpc) is 3.38. The lowest BCUT2D eigenvalue weighted by atomic mass is 10.1. The number of amides is 2. The van der Waals surface area contributed by atoms with Crippen LogP contribution < -0.4 is 16.0 Å². The molecule has 0 saturated carbocycles. The molecule has 1 aliphatic heterocycles. The van der Waals surface area contributed by atoms with E-state index in [0.717, 1.165) is 24.6 Å². The first-order valence-corrected chi connectivity index (χ1v) is 11.5. The Balaban J connectivity index is 1.72. The Kier molecular flexibility index (Phi) is 9.05. The molecule has 0 unspecified atom stereocenters. The Hall–Kier alpha value is -3.62. The molecular formula is C25H26Cl2N6O2. The van der Waals surface area contributed by atoms with E-state index in [2.05, 4.69) is 32.7 Å². The molecule has 3 N–H and O–H groups in total. The van der Waals surface area contributed by atoms with E-state index >= 15 is 0 Å². The van der Waals surface area contributed by atoms with Gasteiger partial charge in [-0.15, -0.1) is 0 Å². The van der Waals surface area contributed by atoms with Crippen molar-refractivity contribution in [3.8, 4) is 0 Å². The number of hydrogen-bond acceptors (Lipinski definition) is 6. The fraction of sp³-hybridized carbons (Fsp3) is 0.200. The molecule has 8 nitrogen and oxygen atoms in total. The van der Waals surface area contributed by atoms with E-state index in [1.54, 1.807) is 37.3 Å². The van der Waals surface area contributed by atoms with Crippen molar-refractivity contribution >= 4 is 53.4 Å². The van der Waals surface area contributed by atoms with E-state index in [-0.39, 0.29) is 17.3 Å². The number of allylic oxidation sites excluding steroid dienone is 3. The summed E-state index contributed by atoms with van der Waals surface area (Å²) in [5, 5.41) is 9.50. The summed E-state index contributed by atoms with van der Waals surface area (Å²) >= 11 is 11.9. The quantitative estimate of drug-likeness (QED) is 0.360. The van der Waals surface area contributed by atoms with Crippen molar-refractivity contribution in [1.29, 1.82) is 0 Å². The van der Waals surface area contributed by atoms with Gasteiger partial charge in [-0.05, 0) is 61.7 Å². The Labute approximate surface area is 214 Å².